The minimum atomic E-state index is 0.451. The van der Waals surface area contributed by atoms with Crippen LogP contribution in [0.3, 0.4) is 0 Å². The highest BCUT2D eigenvalue weighted by molar-refractivity contribution is 7.71. The summed E-state index contributed by atoms with van der Waals surface area (Å²) in [6.07, 6.45) is 1.54. The molecule has 0 atom stereocenters. The Morgan fingerprint density at radius 3 is 3.00 bits per heavy atom. The van der Waals surface area contributed by atoms with Gasteiger partial charge in [-0.05, 0) is 0 Å². The monoisotopic (exact) mass is 157 g/mol. The molecule has 0 unspecified atom stereocenters. The van der Waals surface area contributed by atoms with E-state index < -0.39 is 0 Å². The van der Waals surface area contributed by atoms with Gasteiger partial charge in [-0.1, -0.05) is 12.2 Å². The lowest BCUT2D eigenvalue weighted by Crippen LogP contribution is -2.73. The molecule has 0 aliphatic heterocycles. The van der Waals surface area contributed by atoms with Crippen molar-refractivity contribution in [3.8, 4) is 0 Å². The number of nitrogens with one attached hydrogen (secondary N) is 1. The first kappa shape index (κ1) is 7.17. The third-order valence-corrected chi connectivity index (χ3v) is 1.54. The van der Waals surface area contributed by atoms with Gasteiger partial charge in [-0.3, -0.25) is 10.3 Å². The fourth-order valence-electron chi connectivity index (χ4n) is 0.662. The molecule has 54 valence electrons. The maximum Gasteiger partial charge on any atom is 0.229 e. The SMILES string of the molecule is C[NH2+]c1[nH]cnc(=S)c1N. The average molecular weight is 157 g/mol. The third-order valence-electron chi connectivity index (χ3n) is 1.21. The number of quaternary nitrogens is 1. The first-order valence-electron chi connectivity index (χ1n) is 2.88. The van der Waals surface area contributed by atoms with E-state index in [0.29, 0.717) is 10.3 Å². The molecule has 10 heavy (non-hydrogen) atoms. The third kappa shape index (κ3) is 1.14. The second-order valence-corrected chi connectivity index (χ2v) is 2.21. The number of nitrogens with two attached hydrogens (primary N) is 2. The van der Waals surface area contributed by atoms with Gasteiger partial charge in [0.2, 0.25) is 5.82 Å². The van der Waals surface area contributed by atoms with Crippen molar-refractivity contribution in [2.24, 2.45) is 0 Å². The molecule has 0 aliphatic rings. The molecule has 1 aromatic rings. The second-order valence-electron chi connectivity index (χ2n) is 1.82. The van der Waals surface area contributed by atoms with Crippen molar-refractivity contribution in [2.45, 2.75) is 0 Å². The van der Waals surface area contributed by atoms with E-state index in [9.17, 15) is 0 Å². The van der Waals surface area contributed by atoms with Crippen molar-refractivity contribution in [3.05, 3.63) is 11.0 Å². The molecule has 0 saturated heterocycles. The van der Waals surface area contributed by atoms with Gasteiger partial charge in [0.15, 0.2) is 4.64 Å². The Morgan fingerprint density at radius 2 is 2.50 bits per heavy atom. The lowest BCUT2D eigenvalue weighted by atomic mass is 10.5. The van der Waals surface area contributed by atoms with Gasteiger partial charge in [0.05, 0.1) is 13.4 Å². The molecular weight excluding hydrogens is 148 g/mol. The number of aromatic nitrogens is 2. The molecule has 5 N–H and O–H groups in total. The van der Waals surface area contributed by atoms with Crippen molar-refractivity contribution in [2.75, 3.05) is 12.8 Å². The highest BCUT2D eigenvalue weighted by Gasteiger charge is 2.00. The number of aromatic amines is 1. The lowest BCUT2D eigenvalue weighted by molar-refractivity contribution is -0.542. The zero-order valence-corrected chi connectivity index (χ0v) is 6.40. The molecular formula is C5H9N4S+. The van der Waals surface area contributed by atoms with Crippen LogP contribution in [-0.4, -0.2) is 17.0 Å². The summed E-state index contributed by atoms with van der Waals surface area (Å²) in [6, 6.07) is 0. The molecule has 1 rings (SSSR count). The fourth-order valence-corrected chi connectivity index (χ4v) is 0.824. The molecule has 0 aromatic carbocycles. The number of hydrogen-bond acceptors (Lipinski definition) is 3. The number of rotatable bonds is 1. The Morgan fingerprint density at radius 1 is 1.80 bits per heavy atom. The van der Waals surface area contributed by atoms with Gasteiger partial charge in [-0.25, -0.2) is 4.98 Å². The van der Waals surface area contributed by atoms with Crippen LogP contribution in [0.25, 0.3) is 0 Å². The first-order chi connectivity index (χ1) is 4.75. The summed E-state index contributed by atoms with van der Waals surface area (Å²) in [5, 5.41) is 1.85. The number of anilines is 1. The van der Waals surface area contributed by atoms with Crippen LogP contribution in [0.15, 0.2) is 6.33 Å². The van der Waals surface area contributed by atoms with Crippen LogP contribution < -0.4 is 11.1 Å². The van der Waals surface area contributed by atoms with E-state index in [2.05, 4.69) is 9.97 Å². The number of nitrogen functional groups attached to an aromatic ring is 1. The fraction of sp³-hybridized carbons (Fsp3) is 0.200. The van der Waals surface area contributed by atoms with Crippen molar-refractivity contribution in [3.63, 3.8) is 0 Å². The highest BCUT2D eigenvalue weighted by Crippen LogP contribution is 2.06. The van der Waals surface area contributed by atoms with Crippen molar-refractivity contribution >= 4 is 23.7 Å². The lowest BCUT2D eigenvalue weighted by Gasteiger charge is -1.96. The minimum absolute atomic E-state index is 0.451. The summed E-state index contributed by atoms with van der Waals surface area (Å²) in [6.45, 7) is 0. The average Bonchev–Trinajstić information content (AvgIpc) is 1.95. The molecule has 4 nitrogen and oxygen atoms in total. The molecule has 1 heterocycles. The minimum Gasteiger partial charge on any atom is -0.390 e. The van der Waals surface area contributed by atoms with Crippen LogP contribution >= 0.6 is 12.2 Å². The maximum atomic E-state index is 5.56. The smallest absolute Gasteiger partial charge is 0.229 e. The van der Waals surface area contributed by atoms with Crippen LogP contribution in [0.2, 0.25) is 0 Å². The van der Waals surface area contributed by atoms with E-state index in [1.165, 1.54) is 6.33 Å². The molecule has 5 heteroatoms. The van der Waals surface area contributed by atoms with E-state index in [-0.39, 0.29) is 0 Å². The highest BCUT2D eigenvalue weighted by atomic mass is 32.1. The van der Waals surface area contributed by atoms with E-state index in [1.54, 1.807) is 0 Å². The van der Waals surface area contributed by atoms with Gasteiger partial charge >= 0.3 is 0 Å². The Bertz CT molecular complexity index is 279. The summed E-state index contributed by atoms with van der Waals surface area (Å²) >= 11 is 4.83. The predicted octanol–water partition coefficient (Wildman–Crippen LogP) is -0.454. The second kappa shape index (κ2) is 2.76. The normalized spacial score (nSPS) is 9.70. The Kier molecular flexibility index (Phi) is 1.98. The zero-order chi connectivity index (χ0) is 7.56. The predicted molar refractivity (Wildman–Crippen MR) is 41.3 cm³/mol. The summed E-state index contributed by atoms with van der Waals surface area (Å²) in [5.41, 5.74) is 6.11. The maximum absolute atomic E-state index is 5.56. The van der Waals surface area contributed by atoms with Gasteiger partial charge < -0.3 is 5.73 Å². The molecule has 0 amide bonds. The molecule has 1 aromatic heterocycles. The van der Waals surface area contributed by atoms with Crippen LogP contribution in [0.1, 0.15) is 0 Å². The van der Waals surface area contributed by atoms with Crippen molar-refractivity contribution in [1.82, 2.24) is 9.97 Å². The quantitative estimate of drug-likeness (QED) is 0.483. The van der Waals surface area contributed by atoms with E-state index in [4.69, 9.17) is 18.0 Å². The topological polar surface area (TPSA) is 71.3 Å². The summed E-state index contributed by atoms with van der Waals surface area (Å²) in [4.78, 5) is 6.67. The molecule has 0 bridgehead atoms. The van der Waals surface area contributed by atoms with Gasteiger partial charge in [-0.15, -0.1) is 0 Å². The zero-order valence-electron chi connectivity index (χ0n) is 5.59. The van der Waals surface area contributed by atoms with Gasteiger partial charge in [0, 0.05) is 0 Å². The van der Waals surface area contributed by atoms with Crippen LogP contribution in [0.4, 0.5) is 11.5 Å². The summed E-state index contributed by atoms with van der Waals surface area (Å²) in [7, 11) is 1.89. The van der Waals surface area contributed by atoms with E-state index in [1.807, 2.05) is 12.4 Å². The molecule has 0 aliphatic carbocycles. The molecule has 0 saturated carbocycles. The van der Waals surface area contributed by atoms with Crippen LogP contribution in [0.5, 0.6) is 0 Å². The van der Waals surface area contributed by atoms with Crippen LogP contribution in [0, 0.1) is 4.64 Å². The van der Waals surface area contributed by atoms with Gasteiger partial charge in [0.1, 0.15) is 5.69 Å². The van der Waals surface area contributed by atoms with Crippen LogP contribution in [-0.2, 0) is 0 Å². The van der Waals surface area contributed by atoms with E-state index >= 15 is 0 Å². The largest absolute Gasteiger partial charge is 0.390 e. The van der Waals surface area contributed by atoms with Gasteiger partial charge in [-0.2, -0.15) is 0 Å². The summed E-state index contributed by atoms with van der Waals surface area (Å²) in [5.74, 6) is 0.833. The van der Waals surface area contributed by atoms with Gasteiger partial charge in [0.25, 0.3) is 0 Å². The Hall–Kier alpha value is -0.940. The number of nitrogens with zero attached hydrogens (tertiary/aromatic N) is 1. The number of H-pyrrole nitrogens is 1. The Labute approximate surface area is 63.5 Å². The standard InChI is InChI=1S/C5H8N4S/c1-7-4-3(6)5(10)9-2-8-4/h2H,6H2,1H3,(H2,7,8,9,10)/p+1. The molecule has 0 fully saturated rings. The van der Waals surface area contributed by atoms with Crippen molar-refractivity contribution < 1.29 is 5.32 Å². The molecule has 0 spiro atoms. The molecule has 0 radical (unpaired) electrons. The first-order valence-corrected chi connectivity index (χ1v) is 3.29. The van der Waals surface area contributed by atoms with E-state index in [0.717, 1.165) is 5.82 Å². The van der Waals surface area contributed by atoms with Crippen molar-refractivity contribution in [1.29, 1.82) is 0 Å². The number of hydrogen-bond donors (Lipinski definition) is 3. The Balaban J connectivity index is 3.28. The summed E-state index contributed by atoms with van der Waals surface area (Å²) < 4.78 is 0.451.